The monoisotopic (exact) mass is 312 g/mol. The van der Waals surface area contributed by atoms with Crippen LogP contribution in [-0.2, 0) is 11.3 Å². The number of hydrogen-bond acceptors (Lipinski definition) is 3. The van der Waals surface area contributed by atoms with E-state index in [4.69, 9.17) is 16.3 Å². The Morgan fingerprint density at radius 2 is 1.95 bits per heavy atom. The van der Waals surface area contributed by atoms with Crippen molar-refractivity contribution >= 4 is 17.3 Å². The highest BCUT2D eigenvalue weighted by molar-refractivity contribution is 6.33. The Bertz CT molecular complexity index is 441. The molecule has 0 saturated heterocycles. The second-order valence-electron chi connectivity index (χ2n) is 6.67. The molecule has 1 N–H and O–H groups in total. The van der Waals surface area contributed by atoms with Crippen molar-refractivity contribution in [3.63, 3.8) is 0 Å². The van der Waals surface area contributed by atoms with Gasteiger partial charge >= 0.3 is 0 Å². The van der Waals surface area contributed by atoms with Gasteiger partial charge in [0.25, 0.3) is 0 Å². The van der Waals surface area contributed by atoms with Crippen LogP contribution < -0.4 is 10.2 Å². The van der Waals surface area contributed by atoms with Crippen LogP contribution in [0.25, 0.3) is 0 Å². The molecule has 0 spiro atoms. The highest BCUT2D eigenvalue weighted by atomic mass is 35.5. The van der Waals surface area contributed by atoms with Gasteiger partial charge in [0.05, 0.1) is 17.3 Å². The maximum absolute atomic E-state index is 6.49. The molecule has 0 unspecified atom stereocenters. The molecule has 0 bridgehead atoms. The third-order valence-corrected chi connectivity index (χ3v) is 3.61. The minimum Gasteiger partial charge on any atom is -0.383 e. The topological polar surface area (TPSA) is 24.5 Å². The van der Waals surface area contributed by atoms with Crippen LogP contribution in [0.4, 0.5) is 5.69 Å². The summed E-state index contributed by atoms with van der Waals surface area (Å²) in [5, 5.41) is 4.28. The third-order valence-electron chi connectivity index (χ3n) is 3.30. The smallest absolute Gasteiger partial charge is 0.0642 e. The summed E-state index contributed by atoms with van der Waals surface area (Å²) in [6.45, 7) is 13.2. The van der Waals surface area contributed by atoms with Crippen molar-refractivity contribution in [1.82, 2.24) is 5.32 Å². The van der Waals surface area contributed by atoms with E-state index < -0.39 is 0 Å². The maximum atomic E-state index is 6.49. The van der Waals surface area contributed by atoms with Crippen molar-refractivity contribution in [3.05, 3.63) is 28.8 Å². The Hall–Kier alpha value is -0.770. The number of nitrogens with zero attached hydrogens (tertiary/aromatic N) is 1. The molecule has 0 aliphatic rings. The minimum atomic E-state index is 0.105. The van der Waals surface area contributed by atoms with Crippen LogP contribution in [0.5, 0.6) is 0 Å². The zero-order valence-corrected chi connectivity index (χ0v) is 14.9. The summed E-state index contributed by atoms with van der Waals surface area (Å²) in [4.78, 5) is 2.27. The molecular formula is C17H29ClN2O. The molecule has 0 aliphatic carbocycles. The average molecular weight is 313 g/mol. The molecule has 120 valence electrons. The fourth-order valence-electron chi connectivity index (χ4n) is 2.11. The van der Waals surface area contributed by atoms with Gasteiger partial charge in [0.1, 0.15) is 0 Å². The number of rotatable bonds is 7. The predicted octanol–water partition coefficient (Wildman–Crippen LogP) is 4.09. The molecule has 3 nitrogen and oxygen atoms in total. The van der Waals surface area contributed by atoms with E-state index in [9.17, 15) is 0 Å². The van der Waals surface area contributed by atoms with E-state index in [1.54, 1.807) is 7.11 Å². The van der Waals surface area contributed by atoms with Crippen molar-refractivity contribution in [3.8, 4) is 0 Å². The molecule has 0 saturated carbocycles. The SMILES string of the molecule is COCCN(c1ccc(CNC(C)(C)C)cc1Cl)C(C)C. The van der Waals surface area contributed by atoms with Crippen LogP contribution in [0, 0.1) is 0 Å². The second-order valence-corrected chi connectivity index (χ2v) is 7.08. The third kappa shape index (κ3) is 6.25. The van der Waals surface area contributed by atoms with Gasteiger partial charge in [-0.3, -0.25) is 0 Å². The molecule has 0 aliphatic heterocycles. The summed E-state index contributed by atoms with van der Waals surface area (Å²) in [5.41, 5.74) is 2.38. The van der Waals surface area contributed by atoms with E-state index in [-0.39, 0.29) is 5.54 Å². The Morgan fingerprint density at radius 3 is 2.43 bits per heavy atom. The van der Waals surface area contributed by atoms with Crippen LogP contribution in [0.15, 0.2) is 18.2 Å². The molecule has 0 radical (unpaired) electrons. The summed E-state index contributed by atoms with van der Waals surface area (Å²) < 4.78 is 5.19. The first-order valence-corrected chi connectivity index (χ1v) is 7.91. The highest BCUT2D eigenvalue weighted by Gasteiger charge is 2.15. The van der Waals surface area contributed by atoms with Gasteiger partial charge in [0.15, 0.2) is 0 Å². The van der Waals surface area contributed by atoms with Gasteiger partial charge in [-0.2, -0.15) is 0 Å². The molecule has 0 atom stereocenters. The quantitative estimate of drug-likeness (QED) is 0.820. The number of anilines is 1. The van der Waals surface area contributed by atoms with Crippen LogP contribution in [0.2, 0.25) is 5.02 Å². The van der Waals surface area contributed by atoms with E-state index >= 15 is 0 Å². The number of methoxy groups -OCH3 is 1. The second kappa shape index (κ2) is 8.02. The fraction of sp³-hybridized carbons (Fsp3) is 0.647. The molecule has 1 aromatic carbocycles. The van der Waals surface area contributed by atoms with Gasteiger partial charge in [0, 0.05) is 31.8 Å². The number of nitrogens with one attached hydrogen (secondary N) is 1. The van der Waals surface area contributed by atoms with Crippen molar-refractivity contribution in [2.75, 3.05) is 25.2 Å². The van der Waals surface area contributed by atoms with E-state index in [2.05, 4.69) is 63.0 Å². The lowest BCUT2D eigenvalue weighted by Crippen LogP contribution is -2.35. The number of hydrogen-bond donors (Lipinski definition) is 1. The number of benzene rings is 1. The zero-order chi connectivity index (χ0) is 16.0. The van der Waals surface area contributed by atoms with Crippen LogP contribution in [0.3, 0.4) is 0 Å². The molecule has 4 heteroatoms. The lowest BCUT2D eigenvalue weighted by atomic mass is 10.1. The molecule has 21 heavy (non-hydrogen) atoms. The minimum absolute atomic E-state index is 0.105. The lowest BCUT2D eigenvalue weighted by Gasteiger charge is -2.30. The Kier molecular flexibility index (Phi) is 6.98. The van der Waals surface area contributed by atoms with Gasteiger partial charge in [-0.25, -0.2) is 0 Å². The predicted molar refractivity (Wildman–Crippen MR) is 92.4 cm³/mol. The standard InChI is InChI=1S/C17H29ClN2O/c1-13(2)20(9-10-21-6)16-8-7-14(11-15(16)18)12-19-17(3,4)5/h7-8,11,13,19H,9-10,12H2,1-6H3. The Labute approximate surface area is 134 Å². The average Bonchev–Trinajstić information content (AvgIpc) is 2.37. The summed E-state index contributed by atoms with van der Waals surface area (Å²) >= 11 is 6.49. The molecule has 1 rings (SSSR count). The van der Waals surface area contributed by atoms with Crippen LogP contribution in [0.1, 0.15) is 40.2 Å². The van der Waals surface area contributed by atoms with E-state index in [0.717, 1.165) is 23.8 Å². The van der Waals surface area contributed by atoms with Gasteiger partial charge in [-0.05, 0) is 52.3 Å². The largest absolute Gasteiger partial charge is 0.383 e. The van der Waals surface area contributed by atoms with Crippen LogP contribution >= 0.6 is 11.6 Å². The first-order valence-electron chi connectivity index (χ1n) is 7.53. The first kappa shape index (κ1) is 18.3. The summed E-state index contributed by atoms with van der Waals surface area (Å²) in [6, 6.07) is 6.69. The first-order chi connectivity index (χ1) is 9.74. The summed E-state index contributed by atoms with van der Waals surface area (Å²) in [7, 11) is 1.72. The zero-order valence-electron chi connectivity index (χ0n) is 14.2. The van der Waals surface area contributed by atoms with E-state index in [1.165, 1.54) is 5.56 Å². The van der Waals surface area contributed by atoms with Crippen molar-refractivity contribution in [1.29, 1.82) is 0 Å². The number of halogens is 1. The van der Waals surface area contributed by atoms with E-state index in [1.807, 2.05) is 0 Å². The molecule has 0 fully saturated rings. The summed E-state index contributed by atoms with van der Waals surface area (Å²) in [6.07, 6.45) is 0. The maximum Gasteiger partial charge on any atom is 0.0642 e. The molecule has 0 heterocycles. The van der Waals surface area contributed by atoms with Gasteiger partial charge in [-0.15, -0.1) is 0 Å². The Morgan fingerprint density at radius 1 is 1.29 bits per heavy atom. The van der Waals surface area contributed by atoms with Crippen molar-refractivity contribution in [2.24, 2.45) is 0 Å². The van der Waals surface area contributed by atoms with E-state index in [0.29, 0.717) is 12.6 Å². The van der Waals surface area contributed by atoms with Gasteiger partial charge in [0.2, 0.25) is 0 Å². The van der Waals surface area contributed by atoms with Gasteiger partial charge in [-0.1, -0.05) is 17.7 Å². The van der Waals surface area contributed by atoms with Gasteiger partial charge < -0.3 is 15.0 Å². The number of ether oxygens (including phenoxy) is 1. The summed E-state index contributed by atoms with van der Waals surface area (Å²) in [5.74, 6) is 0. The highest BCUT2D eigenvalue weighted by Crippen LogP contribution is 2.28. The molecule has 0 amide bonds. The van der Waals surface area contributed by atoms with Crippen molar-refractivity contribution < 1.29 is 4.74 Å². The molecular weight excluding hydrogens is 284 g/mol. The molecule has 1 aromatic rings. The Balaban J connectivity index is 2.84. The van der Waals surface area contributed by atoms with Crippen LogP contribution in [-0.4, -0.2) is 31.8 Å². The fourth-order valence-corrected chi connectivity index (χ4v) is 2.42. The normalized spacial score (nSPS) is 12.0. The van der Waals surface area contributed by atoms with Crippen molar-refractivity contribution in [2.45, 2.75) is 52.7 Å². The molecule has 0 aromatic heterocycles. The lowest BCUT2D eigenvalue weighted by molar-refractivity contribution is 0.204.